The van der Waals surface area contributed by atoms with Crippen LogP contribution < -0.4 is 5.56 Å². The van der Waals surface area contributed by atoms with Gasteiger partial charge in [0, 0.05) is 11.8 Å². The van der Waals surface area contributed by atoms with Crippen LogP contribution in [-0.2, 0) is 9.53 Å². The van der Waals surface area contributed by atoms with Gasteiger partial charge in [0.05, 0.1) is 12.1 Å². The Labute approximate surface area is 91.2 Å². The van der Waals surface area contributed by atoms with E-state index in [1.807, 2.05) is 13.0 Å². The SMILES string of the molecule is COC(=O)[C@H]1CSc2cc(C)cc(=O)n21. The number of aromatic nitrogens is 1. The van der Waals surface area contributed by atoms with E-state index in [1.54, 1.807) is 0 Å². The van der Waals surface area contributed by atoms with Crippen molar-refractivity contribution in [1.82, 2.24) is 4.57 Å². The van der Waals surface area contributed by atoms with E-state index < -0.39 is 6.04 Å². The number of hydrogen-bond donors (Lipinski definition) is 0. The van der Waals surface area contributed by atoms with Crippen LogP contribution in [0.25, 0.3) is 0 Å². The van der Waals surface area contributed by atoms with Crippen molar-refractivity contribution in [3.63, 3.8) is 0 Å². The van der Waals surface area contributed by atoms with Gasteiger partial charge in [-0.15, -0.1) is 11.8 Å². The quantitative estimate of drug-likeness (QED) is 0.668. The molecule has 5 heteroatoms. The molecule has 0 saturated heterocycles. The van der Waals surface area contributed by atoms with Crippen LogP contribution in [-0.4, -0.2) is 23.4 Å². The van der Waals surface area contributed by atoms with Crippen LogP contribution in [0.3, 0.4) is 0 Å². The fourth-order valence-electron chi connectivity index (χ4n) is 1.65. The van der Waals surface area contributed by atoms with E-state index >= 15 is 0 Å². The molecule has 0 spiro atoms. The van der Waals surface area contributed by atoms with E-state index in [4.69, 9.17) is 0 Å². The third-order valence-electron chi connectivity index (χ3n) is 2.35. The van der Waals surface area contributed by atoms with Gasteiger partial charge in [-0.3, -0.25) is 9.36 Å². The van der Waals surface area contributed by atoms with Crippen molar-refractivity contribution in [3.05, 3.63) is 28.0 Å². The van der Waals surface area contributed by atoms with Gasteiger partial charge in [0.1, 0.15) is 6.04 Å². The maximum atomic E-state index is 11.7. The van der Waals surface area contributed by atoms with Crippen molar-refractivity contribution in [3.8, 4) is 0 Å². The average molecular weight is 225 g/mol. The molecule has 0 aromatic carbocycles. The summed E-state index contributed by atoms with van der Waals surface area (Å²) in [5, 5.41) is 0.843. The van der Waals surface area contributed by atoms with E-state index in [0.717, 1.165) is 10.6 Å². The van der Waals surface area contributed by atoms with Crippen molar-refractivity contribution >= 4 is 17.7 Å². The highest BCUT2D eigenvalue weighted by Crippen LogP contribution is 2.32. The third-order valence-corrected chi connectivity index (χ3v) is 3.44. The molecule has 0 radical (unpaired) electrons. The molecule has 0 saturated carbocycles. The lowest BCUT2D eigenvalue weighted by molar-refractivity contribution is -0.143. The number of pyridine rings is 1. The molecule has 0 aliphatic carbocycles. The highest BCUT2D eigenvalue weighted by molar-refractivity contribution is 7.99. The van der Waals surface area contributed by atoms with Gasteiger partial charge in [-0.25, -0.2) is 4.79 Å². The minimum absolute atomic E-state index is 0.134. The predicted octanol–water partition coefficient (Wildman–Crippen LogP) is 0.977. The molecule has 0 bridgehead atoms. The zero-order chi connectivity index (χ0) is 11.0. The molecule has 0 amide bonds. The van der Waals surface area contributed by atoms with Crippen LogP contribution in [0.1, 0.15) is 11.6 Å². The van der Waals surface area contributed by atoms with Gasteiger partial charge in [-0.05, 0) is 18.6 Å². The molecule has 1 aromatic heterocycles. The summed E-state index contributed by atoms with van der Waals surface area (Å²) in [4.78, 5) is 23.1. The highest BCUT2D eigenvalue weighted by atomic mass is 32.2. The first-order valence-electron chi connectivity index (χ1n) is 4.57. The lowest BCUT2D eigenvalue weighted by atomic mass is 10.2. The lowest BCUT2D eigenvalue weighted by Gasteiger charge is -2.10. The molecule has 2 rings (SSSR count). The number of esters is 1. The number of rotatable bonds is 1. The Balaban J connectivity index is 2.51. The Kier molecular flexibility index (Phi) is 2.56. The highest BCUT2D eigenvalue weighted by Gasteiger charge is 2.30. The van der Waals surface area contributed by atoms with Crippen LogP contribution in [0.5, 0.6) is 0 Å². The molecule has 1 atom stereocenters. The summed E-state index contributed by atoms with van der Waals surface area (Å²) in [7, 11) is 1.34. The summed E-state index contributed by atoms with van der Waals surface area (Å²) >= 11 is 1.51. The summed E-state index contributed by atoms with van der Waals surface area (Å²) in [5.74, 6) is 0.220. The van der Waals surface area contributed by atoms with E-state index in [2.05, 4.69) is 4.74 Å². The first-order chi connectivity index (χ1) is 7.13. The van der Waals surface area contributed by atoms with Crippen molar-refractivity contribution in [2.45, 2.75) is 18.0 Å². The third kappa shape index (κ3) is 1.67. The topological polar surface area (TPSA) is 48.3 Å². The predicted molar refractivity (Wildman–Crippen MR) is 57.2 cm³/mol. The number of ether oxygens (including phenoxy) is 1. The molecular weight excluding hydrogens is 214 g/mol. The van der Waals surface area contributed by atoms with Crippen molar-refractivity contribution in [1.29, 1.82) is 0 Å². The molecule has 0 N–H and O–H groups in total. The van der Waals surface area contributed by atoms with E-state index in [-0.39, 0.29) is 11.5 Å². The Morgan fingerprint density at radius 1 is 1.60 bits per heavy atom. The van der Waals surface area contributed by atoms with Crippen LogP contribution in [0.4, 0.5) is 0 Å². The number of nitrogens with zero attached hydrogens (tertiary/aromatic N) is 1. The van der Waals surface area contributed by atoms with Crippen LogP contribution in [0.15, 0.2) is 22.0 Å². The first-order valence-corrected chi connectivity index (χ1v) is 5.56. The largest absolute Gasteiger partial charge is 0.467 e. The second-order valence-electron chi connectivity index (χ2n) is 3.43. The van der Waals surface area contributed by atoms with E-state index in [9.17, 15) is 9.59 Å². The van der Waals surface area contributed by atoms with Crippen LogP contribution >= 0.6 is 11.8 Å². The van der Waals surface area contributed by atoms with Crippen molar-refractivity contribution < 1.29 is 9.53 Å². The molecule has 15 heavy (non-hydrogen) atoms. The van der Waals surface area contributed by atoms with Crippen LogP contribution in [0.2, 0.25) is 0 Å². The standard InChI is InChI=1S/C10H11NO3S/c1-6-3-8(12)11-7(10(13)14-2)5-15-9(11)4-6/h3-4,7H,5H2,1-2H3/t7-/m1/s1. The molecule has 4 nitrogen and oxygen atoms in total. The number of hydrogen-bond acceptors (Lipinski definition) is 4. The Bertz CT molecular complexity index is 466. The zero-order valence-corrected chi connectivity index (χ0v) is 9.34. The fourth-order valence-corrected chi connectivity index (χ4v) is 2.88. The molecule has 1 aromatic rings. The van der Waals surface area contributed by atoms with Gasteiger partial charge in [0.15, 0.2) is 0 Å². The fraction of sp³-hybridized carbons (Fsp3) is 0.400. The average Bonchev–Trinajstić information content (AvgIpc) is 2.60. The van der Waals surface area contributed by atoms with E-state index in [0.29, 0.717) is 5.75 Å². The maximum Gasteiger partial charge on any atom is 0.329 e. The molecule has 1 aliphatic rings. The number of carbonyl (C=O) groups excluding carboxylic acids is 1. The smallest absolute Gasteiger partial charge is 0.329 e. The zero-order valence-electron chi connectivity index (χ0n) is 8.52. The summed E-state index contributed by atoms with van der Waals surface area (Å²) < 4.78 is 6.17. The number of carbonyl (C=O) groups is 1. The number of methoxy groups -OCH3 is 1. The second kappa shape index (κ2) is 3.73. The van der Waals surface area contributed by atoms with Gasteiger partial charge >= 0.3 is 5.97 Å². The minimum Gasteiger partial charge on any atom is -0.467 e. The normalized spacial score (nSPS) is 18.7. The first kappa shape index (κ1) is 10.3. The molecule has 1 aliphatic heterocycles. The number of aryl methyl sites for hydroxylation is 1. The Morgan fingerprint density at radius 2 is 2.33 bits per heavy atom. The summed E-state index contributed by atoms with van der Waals surface area (Å²) in [6.07, 6.45) is 0. The second-order valence-corrected chi connectivity index (χ2v) is 4.47. The Morgan fingerprint density at radius 3 is 3.00 bits per heavy atom. The Hall–Kier alpha value is -1.23. The lowest BCUT2D eigenvalue weighted by Crippen LogP contribution is -2.29. The van der Waals surface area contributed by atoms with Crippen LogP contribution in [0, 0.1) is 6.92 Å². The summed E-state index contributed by atoms with van der Waals surface area (Å²) in [5.41, 5.74) is 0.787. The molecule has 2 heterocycles. The molecule has 0 fully saturated rings. The molecule has 0 unspecified atom stereocenters. The summed E-state index contributed by atoms with van der Waals surface area (Å²) in [6, 6.07) is 2.98. The summed E-state index contributed by atoms with van der Waals surface area (Å²) in [6.45, 7) is 1.87. The minimum atomic E-state index is -0.469. The van der Waals surface area contributed by atoms with Gasteiger partial charge < -0.3 is 4.74 Å². The van der Waals surface area contributed by atoms with Crippen molar-refractivity contribution in [2.75, 3.05) is 12.9 Å². The maximum absolute atomic E-state index is 11.7. The number of thioether (sulfide) groups is 1. The molecule has 80 valence electrons. The monoisotopic (exact) mass is 225 g/mol. The van der Waals surface area contributed by atoms with Gasteiger partial charge in [0.2, 0.25) is 0 Å². The van der Waals surface area contributed by atoms with E-state index in [1.165, 1.54) is 29.5 Å². The molecular formula is C10H11NO3S. The van der Waals surface area contributed by atoms with Gasteiger partial charge in [-0.2, -0.15) is 0 Å². The van der Waals surface area contributed by atoms with Gasteiger partial charge in [-0.1, -0.05) is 0 Å². The van der Waals surface area contributed by atoms with Crippen molar-refractivity contribution in [2.24, 2.45) is 0 Å². The number of fused-ring (bicyclic) bond motifs is 1. The van der Waals surface area contributed by atoms with Gasteiger partial charge in [0.25, 0.3) is 5.56 Å².